The van der Waals surface area contributed by atoms with Gasteiger partial charge < -0.3 is 4.42 Å². The maximum Gasteiger partial charge on any atom is 0.280 e. The number of aromatic amines is 1. The lowest BCUT2D eigenvalue weighted by molar-refractivity contribution is 0.513. The molecular formula is C17H16FN3O2. The van der Waals surface area contributed by atoms with Gasteiger partial charge in [0.15, 0.2) is 0 Å². The molecule has 0 amide bonds. The second-order valence-corrected chi connectivity index (χ2v) is 5.21. The first-order valence-corrected chi connectivity index (χ1v) is 7.17. The van der Waals surface area contributed by atoms with Gasteiger partial charge in [-0.3, -0.25) is 14.9 Å². The maximum absolute atomic E-state index is 13.0. The second-order valence-electron chi connectivity index (χ2n) is 5.21. The van der Waals surface area contributed by atoms with Crippen LogP contribution >= 0.6 is 0 Å². The third-order valence-corrected chi connectivity index (χ3v) is 3.57. The molecule has 3 aromatic rings. The summed E-state index contributed by atoms with van der Waals surface area (Å²) in [5.74, 6) is 0.387. The Morgan fingerprint density at radius 1 is 1.30 bits per heavy atom. The van der Waals surface area contributed by atoms with Gasteiger partial charge in [0, 0.05) is 11.4 Å². The summed E-state index contributed by atoms with van der Waals surface area (Å²) in [7, 11) is 0. The maximum atomic E-state index is 13.0. The van der Waals surface area contributed by atoms with Crippen molar-refractivity contribution in [2.24, 2.45) is 4.99 Å². The van der Waals surface area contributed by atoms with Crippen LogP contribution in [-0.4, -0.2) is 15.5 Å². The van der Waals surface area contributed by atoms with Gasteiger partial charge in [0.25, 0.3) is 5.56 Å². The Morgan fingerprint density at radius 3 is 2.70 bits per heavy atom. The van der Waals surface area contributed by atoms with Gasteiger partial charge in [0.05, 0.1) is 24.1 Å². The summed E-state index contributed by atoms with van der Waals surface area (Å²) < 4.78 is 19.6. The molecule has 0 unspecified atom stereocenters. The fourth-order valence-electron chi connectivity index (χ4n) is 2.42. The van der Waals surface area contributed by atoms with Crippen molar-refractivity contribution in [1.82, 2.24) is 9.78 Å². The van der Waals surface area contributed by atoms with Crippen LogP contribution in [0.5, 0.6) is 0 Å². The van der Waals surface area contributed by atoms with E-state index >= 15 is 0 Å². The minimum absolute atomic E-state index is 0.213. The van der Waals surface area contributed by atoms with Crippen molar-refractivity contribution in [1.29, 1.82) is 0 Å². The molecule has 3 rings (SSSR count). The Kier molecular flexibility index (Phi) is 3.97. The van der Waals surface area contributed by atoms with Crippen molar-refractivity contribution >= 4 is 5.71 Å². The zero-order valence-electron chi connectivity index (χ0n) is 12.8. The van der Waals surface area contributed by atoms with Crippen LogP contribution in [0.25, 0.3) is 5.69 Å². The summed E-state index contributed by atoms with van der Waals surface area (Å²) in [5, 5.41) is 3.00. The van der Waals surface area contributed by atoms with Gasteiger partial charge in [-0.1, -0.05) is 0 Å². The van der Waals surface area contributed by atoms with E-state index in [9.17, 15) is 9.18 Å². The number of rotatable bonds is 4. The Morgan fingerprint density at radius 2 is 2.04 bits per heavy atom. The van der Waals surface area contributed by atoms with Crippen LogP contribution in [0, 0.1) is 12.7 Å². The normalized spacial score (nSPS) is 11.9. The van der Waals surface area contributed by atoms with Crippen LogP contribution in [0.3, 0.4) is 0 Å². The van der Waals surface area contributed by atoms with Crippen molar-refractivity contribution < 1.29 is 8.81 Å². The summed E-state index contributed by atoms with van der Waals surface area (Å²) in [6.45, 7) is 3.97. The van der Waals surface area contributed by atoms with E-state index in [0.717, 1.165) is 5.76 Å². The Bertz CT molecular complexity index is 887. The van der Waals surface area contributed by atoms with Crippen molar-refractivity contribution in [3.8, 4) is 5.69 Å². The zero-order valence-corrected chi connectivity index (χ0v) is 12.8. The van der Waals surface area contributed by atoms with Crippen molar-refractivity contribution in [2.75, 3.05) is 0 Å². The fraction of sp³-hybridized carbons (Fsp3) is 0.176. The average Bonchev–Trinajstić information content (AvgIpc) is 3.14. The van der Waals surface area contributed by atoms with Gasteiger partial charge in [0.1, 0.15) is 11.6 Å². The molecule has 0 bridgehead atoms. The quantitative estimate of drug-likeness (QED) is 0.752. The lowest BCUT2D eigenvalue weighted by atomic mass is 10.2. The number of benzene rings is 1. The summed E-state index contributed by atoms with van der Waals surface area (Å²) in [6, 6.07) is 9.35. The molecule has 0 fully saturated rings. The fourth-order valence-corrected chi connectivity index (χ4v) is 2.42. The number of nitrogens with one attached hydrogen (secondary N) is 1. The molecule has 118 valence electrons. The molecule has 1 aromatic carbocycles. The van der Waals surface area contributed by atoms with E-state index in [1.807, 2.05) is 13.0 Å². The number of halogens is 1. The smallest absolute Gasteiger partial charge is 0.280 e. The van der Waals surface area contributed by atoms with E-state index in [0.29, 0.717) is 29.2 Å². The molecule has 2 aromatic heterocycles. The minimum Gasteiger partial charge on any atom is -0.467 e. The Balaban J connectivity index is 1.96. The largest absolute Gasteiger partial charge is 0.467 e. The predicted octanol–water partition coefficient (Wildman–Crippen LogP) is 3.22. The SMILES string of the molecule is CC(=NCc1ccco1)c1c(C)[nH]n(-c2ccc(F)cc2)c1=O. The van der Waals surface area contributed by atoms with Gasteiger partial charge >= 0.3 is 0 Å². The highest BCUT2D eigenvalue weighted by molar-refractivity contribution is 5.99. The monoisotopic (exact) mass is 313 g/mol. The lowest BCUT2D eigenvalue weighted by Crippen LogP contribution is -2.19. The Hall–Kier alpha value is -2.89. The van der Waals surface area contributed by atoms with Crippen LogP contribution < -0.4 is 5.56 Å². The third kappa shape index (κ3) is 3.01. The summed E-state index contributed by atoms with van der Waals surface area (Å²) in [5.41, 5.74) is 2.21. The molecule has 5 nitrogen and oxygen atoms in total. The molecule has 0 saturated carbocycles. The molecule has 0 atom stereocenters. The molecule has 2 heterocycles. The first-order chi connectivity index (χ1) is 11.1. The molecular weight excluding hydrogens is 297 g/mol. The number of furan rings is 1. The predicted molar refractivity (Wildman–Crippen MR) is 85.7 cm³/mol. The first kappa shape index (κ1) is 15.0. The second kappa shape index (κ2) is 6.08. The zero-order chi connectivity index (χ0) is 16.4. The number of H-pyrrole nitrogens is 1. The van der Waals surface area contributed by atoms with Gasteiger partial charge in [-0.25, -0.2) is 9.07 Å². The Labute approximate surface area is 132 Å². The van der Waals surface area contributed by atoms with Crippen LogP contribution in [-0.2, 0) is 6.54 Å². The summed E-state index contributed by atoms with van der Waals surface area (Å²) in [6.07, 6.45) is 1.59. The van der Waals surface area contributed by atoms with Gasteiger partial charge in [-0.2, -0.15) is 0 Å². The lowest BCUT2D eigenvalue weighted by Gasteiger charge is -2.00. The number of aromatic nitrogens is 2. The van der Waals surface area contributed by atoms with Crippen LogP contribution in [0.15, 0.2) is 56.9 Å². The van der Waals surface area contributed by atoms with Crippen LogP contribution in [0.4, 0.5) is 4.39 Å². The highest BCUT2D eigenvalue weighted by atomic mass is 19.1. The van der Waals surface area contributed by atoms with Crippen LogP contribution in [0.2, 0.25) is 0 Å². The molecule has 23 heavy (non-hydrogen) atoms. The average molecular weight is 313 g/mol. The molecule has 0 radical (unpaired) electrons. The number of aryl methyl sites for hydroxylation is 1. The third-order valence-electron chi connectivity index (χ3n) is 3.57. The molecule has 6 heteroatoms. The summed E-state index contributed by atoms with van der Waals surface area (Å²) >= 11 is 0. The number of nitrogens with zero attached hydrogens (tertiary/aromatic N) is 2. The highest BCUT2D eigenvalue weighted by Crippen LogP contribution is 2.10. The van der Waals surface area contributed by atoms with Crippen molar-refractivity contribution in [3.63, 3.8) is 0 Å². The van der Waals surface area contributed by atoms with E-state index in [4.69, 9.17) is 4.42 Å². The number of aliphatic imine (C=N–C) groups is 1. The summed E-state index contributed by atoms with van der Waals surface area (Å²) in [4.78, 5) is 17.0. The van der Waals surface area contributed by atoms with E-state index < -0.39 is 0 Å². The molecule has 0 spiro atoms. The highest BCUT2D eigenvalue weighted by Gasteiger charge is 2.15. The number of hydrogen-bond acceptors (Lipinski definition) is 3. The van der Waals surface area contributed by atoms with Gasteiger partial charge in [-0.05, 0) is 50.2 Å². The molecule has 0 aliphatic rings. The van der Waals surface area contributed by atoms with E-state index in [1.54, 1.807) is 31.4 Å². The van der Waals surface area contributed by atoms with E-state index in [1.165, 1.54) is 16.8 Å². The van der Waals surface area contributed by atoms with Gasteiger partial charge in [-0.15, -0.1) is 0 Å². The van der Waals surface area contributed by atoms with Crippen LogP contribution in [0.1, 0.15) is 23.9 Å². The van der Waals surface area contributed by atoms with Crippen molar-refractivity contribution in [2.45, 2.75) is 20.4 Å². The molecule has 0 aliphatic carbocycles. The molecule has 0 aliphatic heterocycles. The van der Waals surface area contributed by atoms with Crippen molar-refractivity contribution in [3.05, 3.63) is 75.9 Å². The molecule has 0 saturated heterocycles. The van der Waals surface area contributed by atoms with E-state index in [-0.39, 0.29) is 11.4 Å². The standard InChI is InChI=1S/C17H16FN3O2/c1-11(19-10-15-4-3-9-23-15)16-12(2)20-21(17(16)22)14-7-5-13(18)6-8-14/h3-9,20H,10H2,1-2H3. The van der Waals surface area contributed by atoms with E-state index in [2.05, 4.69) is 10.1 Å². The van der Waals surface area contributed by atoms with Gasteiger partial charge in [0.2, 0.25) is 0 Å². The number of hydrogen-bond donors (Lipinski definition) is 1. The topological polar surface area (TPSA) is 63.3 Å². The minimum atomic E-state index is -0.346. The first-order valence-electron chi connectivity index (χ1n) is 7.17. The molecule has 1 N–H and O–H groups in total.